The Hall–Kier alpha value is -2.46. The van der Waals surface area contributed by atoms with Crippen molar-refractivity contribution in [3.05, 3.63) is 47.5 Å². The van der Waals surface area contributed by atoms with Crippen LogP contribution in [0.4, 0.5) is 0 Å². The normalized spacial score (nSPS) is 13.1. The highest BCUT2D eigenvalue weighted by Gasteiger charge is 2.19. The van der Waals surface area contributed by atoms with Crippen molar-refractivity contribution in [2.24, 2.45) is 5.73 Å². The van der Waals surface area contributed by atoms with Gasteiger partial charge in [0.1, 0.15) is 0 Å². The molecule has 2 heterocycles. The summed E-state index contributed by atoms with van der Waals surface area (Å²) < 4.78 is 11.0. The average Bonchev–Trinajstić information content (AvgIpc) is 3.25. The number of unbranched alkanes of at least 4 members (excludes halogenated alkanes) is 1. The van der Waals surface area contributed by atoms with Crippen molar-refractivity contribution in [3.8, 4) is 22.8 Å². The maximum atomic E-state index is 5.72. The molecule has 0 fully saturated rings. The summed E-state index contributed by atoms with van der Waals surface area (Å²) in [5, 5.41) is 1.32. The fourth-order valence-electron chi connectivity index (χ4n) is 3.78. The smallest absolute Gasteiger partial charge is 0.231 e. The van der Waals surface area contributed by atoms with Crippen LogP contribution in [0.15, 0.2) is 36.4 Å². The molecule has 0 atom stereocenters. The number of H-pyrrole nitrogens is 1. The number of nitrogens with two attached hydrogens (primary N) is 1. The number of hydrogen-bond donors (Lipinski definition) is 2. The monoisotopic (exact) mass is 350 g/mol. The highest BCUT2D eigenvalue weighted by molar-refractivity contribution is 5.93. The molecule has 0 unspecified atom stereocenters. The summed E-state index contributed by atoms with van der Waals surface area (Å²) in [5.41, 5.74) is 12.0. The van der Waals surface area contributed by atoms with Crippen molar-refractivity contribution in [2.75, 3.05) is 13.3 Å². The summed E-state index contributed by atoms with van der Waals surface area (Å²) in [4.78, 5) is 3.72. The largest absolute Gasteiger partial charge is 0.454 e. The second-order valence-electron chi connectivity index (χ2n) is 7.22. The Labute approximate surface area is 154 Å². The van der Waals surface area contributed by atoms with Gasteiger partial charge in [0.25, 0.3) is 0 Å². The van der Waals surface area contributed by atoms with Crippen molar-refractivity contribution in [3.63, 3.8) is 0 Å². The van der Waals surface area contributed by atoms with Crippen LogP contribution in [0, 0.1) is 0 Å². The van der Waals surface area contributed by atoms with Gasteiger partial charge in [-0.1, -0.05) is 32.0 Å². The average molecular weight is 350 g/mol. The Kier molecular flexibility index (Phi) is 4.60. The van der Waals surface area contributed by atoms with E-state index in [2.05, 4.69) is 49.2 Å². The minimum Gasteiger partial charge on any atom is -0.454 e. The molecule has 0 saturated heterocycles. The summed E-state index contributed by atoms with van der Waals surface area (Å²) in [5.74, 6) is 2.11. The maximum absolute atomic E-state index is 5.72. The van der Waals surface area contributed by atoms with E-state index in [9.17, 15) is 0 Å². The summed E-state index contributed by atoms with van der Waals surface area (Å²) in [6.07, 6.45) is 3.15. The van der Waals surface area contributed by atoms with Crippen molar-refractivity contribution >= 4 is 10.9 Å². The molecule has 136 valence electrons. The lowest BCUT2D eigenvalue weighted by Gasteiger charge is -2.07. The van der Waals surface area contributed by atoms with E-state index in [4.69, 9.17) is 15.2 Å². The van der Waals surface area contributed by atoms with Crippen molar-refractivity contribution in [1.29, 1.82) is 0 Å². The Morgan fingerprint density at radius 3 is 2.73 bits per heavy atom. The highest BCUT2D eigenvalue weighted by Crippen LogP contribution is 2.39. The fraction of sp³-hybridized carbons (Fsp3) is 0.364. The molecule has 4 nitrogen and oxygen atoms in total. The third kappa shape index (κ3) is 2.95. The number of hydrogen-bond acceptors (Lipinski definition) is 3. The van der Waals surface area contributed by atoms with Gasteiger partial charge < -0.3 is 20.2 Å². The number of ether oxygens (including phenoxy) is 2. The van der Waals surface area contributed by atoms with Gasteiger partial charge in [-0.3, -0.25) is 0 Å². The minimum absolute atomic E-state index is 0.298. The SMILES string of the molecule is CC(C)c1cccc2c(CCCCN)c(-c3ccc4c(c3)OCO4)[nH]c12. The molecule has 3 N–H and O–H groups in total. The molecule has 0 aliphatic carbocycles. The van der Waals surface area contributed by atoms with Gasteiger partial charge in [-0.15, -0.1) is 0 Å². The summed E-state index contributed by atoms with van der Waals surface area (Å²) in [6.45, 7) is 5.51. The van der Waals surface area contributed by atoms with Crippen LogP contribution >= 0.6 is 0 Å². The molecule has 0 spiro atoms. The fourth-order valence-corrected chi connectivity index (χ4v) is 3.78. The lowest BCUT2D eigenvalue weighted by atomic mass is 9.96. The molecule has 4 heteroatoms. The zero-order chi connectivity index (χ0) is 18.1. The van der Waals surface area contributed by atoms with E-state index in [0.717, 1.165) is 42.9 Å². The lowest BCUT2D eigenvalue weighted by Crippen LogP contribution is -1.99. The molecular weight excluding hydrogens is 324 g/mol. The number of aromatic nitrogens is 1. The molecule has 1 aromatic heterocycles. The van der Waals surface area contributed by atoms with Gasteiger partial charge in [0, 0.05) is 22.2 Å². The maximum Gasteiger partial charge on any atom is 0.231 e. The second-order valence-corrected chi connectivity index (χ2v) is 7.22. The van der Waals surface area contributed by atoms with Gasteiger partial charge in [0.2, 0.25) is 6.79 Å². The second kappa shape index (κ2) is 7.04. The Balaban J connectivity index is 1.86. The van der Waals surface area contributed by atoms with Gasteiger partial charge in [-0.25, -0.2) is 0 Å². The molecule has 0 radical (unpaired) electrons. The van der Waals surface area contributed by atoms with Gasteiger partial charge in [0.15, 0.2) is 11.5 Å². The van der Waals surface area contributed by atoms with Crippen LogP contribution in [-0.2, 0) is 6.42 Å². The van der Waals surface area contributed by atoms with E-state index in [0.29, 0.717) is 12.7 Å². The van der Waals surface area contributed by atoms with Crippen LogP contribution < -0.4 is 15.2 Å². The van der Waals surface area contributed by atoms with Crippen LogP contribution in [0.1, 0.15) is 43.7 Å². The first-order chi connectivity index (χ1) is 12.7. The zero-order valence-corrected chi connectivity index (χ0v) is 15.5. The van der Waals surface area contributed by atoms with Gasteiger partial charge in [-0.05, 0) is 61.1 Å². The van der Waals surface area contributed by atoms with E-state index < -0.39 is 0 Å². The summed E-state index contributed by atoms with van der Waals surface area (Å²) in [7, 11) is 0. The van der Waals surface area contributed by atoms with Crippen LogP contribution in [0.3, 0.4) is 0 Å². The Morgan fingerprint density at radius 2 is 1.92 bits per heavy atom. The first-order valence-electron chi connectivity index (χ1n) is 9.42. The van der Waals surface area contributed by atoms with E-state index in [1.54, 1.807) is 0 Å². The first-order valence-corrected chi connectivity index (χ1v) is 9.42. The molecule has 1 aliphatic heterocycles. The lowest BCUT2D eigenvalue weighted by molar-refractivity contribution is 0.174. The Bertz CT molecular complexity index is 927. The van der Waals surface area contributed by atoms with Crippen LogP contribution in [-0.4, -0.2) is 18.3 Å². The number of aryl methyl sites for hydroxylation is 1. The highest BCUT2D eigenvalue weighted by atomic mass is 16.7. The van der Waals surface area contributed by atoms with Crippen LogP contribution in [0.5, 0.6) is 11.5 Å². The number of benzene rings is 2. The first kappa shape index (κ1) is 17.0. The molecular formula is C22H26N2O2. The van der Waals surface area contributed by atoms with Crippen molar-refractivity contribution in [2.45, 2.75) is 39.0 Å². The van der Waals surface area contributed by atoms with Crippen LogP contribution in [0.25, 0.3) is 22.2 Å². The number of aromatic amines is 1. The standard InChI is InChI=1S/C22H26N2O2/c1-14(2)16-7-5-8-18-17(6-3-4-11-23)21(24-22(16)18)15-9-10-19-20(12-15)26-13-25-19/h5,7-10,12,14,24H,3-4,6,11,13,23H2,1-2H3. The third-order valence-corrected chi connectivity index (χ3v) is 5.14. The number of nitrogens with one attached hydrogen (secondary N) is 1. The number of rotatable bonds is 6. The van der Waals surface area contributed by atoms with Gasteiger partial charge in [-0.2, -0.15) is 0 Å². The predicted octanol–water partition coefficient (Wildman–Crippen LogP) is 4.97. The van der Waals surface area contributed by atoms with E-state index in [-0.39, 0.29) is 0 Å². The Morgan fingerprint density at radius 1 is 1.08 bits per heavy atom. The third-order valence-electron chi connectivity index (χ3n) is 5.14. The minimum atomic E-state index is 0.298. The topological polar surface area (TPSA) is 60.3 Å². The van der Waals surface area contributed by atoms with Gasteiger partial charge in [0.05, 0.1) is 0 Å². The summed E-state index contributed by atoms with van der Waals surface area (Å²) in [6, 6.07) is 12.8. The quantitative estimate of drug-likeness (QED) is 0.617. The summed E-state index contributed by atoms with van der Waals surface area (Å²) >= 11 is 0. The van der Waals surface area contributed by atoms with Crippen molar-refractivity contribution in [1.82, 2.24) is 4.98 Å². The van der Waals surface area contributed by atoms with Crippen molar-refractivity contribution < 1.29 is 9.47 Å². The molecule has 3 aromatic rings. The van der Waals surface area contributed by atoms with E-state index in [1.807, 2.05) is 6.07 Å². The van der Waals surface area contributed by atoms with Gasteiger partial charge >= 0.3 is 0 Å². The molecule has 0 amide bonds. The zero-order valence-electron chi connectivity index (χ0n) is 15.5. The molecule has 2 aromatic carbocycles. The molecule has 26 heavy (non-hydrogen) atoms. The molecule has 0 bridgehead atoms. The van der Waals surface area contributed by atoms with Crippen LogP contribution in [0.2, 0.25) is 0 Å². The predicted molar refractivity (Wildman–Crippen MR) is 106 cm³/mol. The molecule has 1 aliphatic rings. The van der Waals surface area contributed by atoms with E-state index >= 15 is 0 Å². The number of fused-ring (bicyclic) bond motifs is 2. The molecule has 4 rings (SSSR count). The molecule has 0 saturated carbocycles. The van der Waals surface area contributed by atoms with E-state index in [1.165, 1.54) is 27.7 Å². The number of para-hydroxylation sites is 1.